The third kappa shape index (κ3) is 17.9. The second kappa shape index (κ2) is 18.1. The Bertz CT molecular complexity index is 258. The van der Waals surface area contributed by atoms with Crippen LogP contribution in [0, 0.1) is 0 Å². The number of halogens is 1. The van der Waals surface area contributed by atoms with Gasteiger partial charge in [0.05, 0.1) is 0 Å². The molecule has 0 fully saturated rings. The Morgan fingerprint density at radius 1 is 0.652 bits per heavy atom. The predicted octanol–water partition coefficient (Wildman–Crippen LogP) is 7.54. The van der Waals surface area contributed by atoms with Gasteiger partial charge in [0.25, 0.3) is 0 Å². The largest absolute Gasteiger partial charge is 0.332 e. The van der Waals surface area contributed by atoms with E-state index in [1.807, 2.05) is 0 Å². The van der Waals surface area contributed by atoms with Gasteiger partial charge < -0.3 is 4.90 Å². The van der Waals surface area contributed by atoms with E-state index in [9.17, 15) is 4.79 Å². The fraction of sp³-hybridized carbons (Fsp3) is 0.950. The summed E-state index contributed by atoms with van der Waals surface area (Å²) in [5, 5.41) is -0.342. The number of hydrogen-bond donors (Lipinski definition) is 0. The Balaban J connectivity index is 3.04. The smallest absolute Gasteiger partial charge is 0.316 e. The third-order valence-corrected chi connectivity index (χ3v) is 4.94. The van der Waals surface area contributed by atoms with Crippen LogP contribution in [0.2, 0.25) is 0 Å². The third-order valence-electron chi connectivity index (χ3n) is 4.65. The van der Waals surface area contributed by atoms with Gasteiger partial charge in [0.1, 0.15) is 0 Å². The fourth-order valence-electron chi connectivity index (χ4n) is 2.98. The van der Waals surface area contributed by atoms with Crippen LogP contribution in [0.1, 0.15) is 110 Å². The topological polar surface area (TPSA) is 20.3 Å². The van der Waals surface area contributed by atoms with E-state index in [0.717, 1.165) is 13.0 Å². The summed E-state index contributed by atoms with van der Waals surface area (Å²) in [4.78, 5) is 12.4. The summed E-state index contributed by atoms with van der Waals surface area (Å²) in [5.74, 6) is 0. The first-order valence-electron chi connectivity index (χ1n) is 10.1. The summed E-state index contributed by atoms with van der Waals surface area (Å²) in [5.41, 5.74) is 0. The van der Waals surface area contributed by atoms with E-state index in [0.29, 0.717) is 0 Å². The van der Waals surface area contributed by atoms with Gasteiger partial charge in [0.2, 0.25) is 0 Å². The molecule has 3 heteroatoms. The molecule has 2 nitrogen and oxygen atoms in total. The molecule has 138 valence electrons. The van der Waals surface area contributed by atoms with Gasteiger partial charge in [-0.2, -0.15) is 0 Å². The standard InChI is InChI=1S/C20H40ClNO/c1-3-4-5-6-7-8-9-10-11-12-13-14-15-16-17-18-19-22(2)20(21)23/h3-19H2,1-2H3. The van der Waals surface area contributed by atoms with E-state index in [1.54, 1.807) is 11.9 Å². The van der Waals surface area contributed by atoms with Gasteiger partial charge in [-0.25, -0.2) is 0 Å². The molecule has 0 heterocycles. The van der Waals surface area contributed by atoms with Crippen molar-refractivity contribution in [2.45, 2.75) is 110 Å². The Kier molecular flexibility index (Phi) is 17.9. The van der Waals surface area contributed by atoms with Crippen molar-refractivity contribution in [3.05, 3.63) is 0 Å². The number of rotatable bonds is 17. The highest BCUT2D eigenvalue weighted by molar-refractivity contribution is 6.62. The summed E-state index contributed by atoms with van der Waals surface area (Å²) in [6, 6.07) is 0. The van der Waals surface area contributed by atoms with Crippen LogP contribution in [-0.2, 0) is 0 Å². The molecule has 1 amide bonds. The van der Waals surface area contributed by atoms with Gasteiger partial charge in [-0.3, -0.25) is 4.79 Å². The molecular weight excluding hydrogens is 306 g/mol. The van der Waals surface area contributed by atoms with E-state index >= 15 is 0 Å². The van der Waals surface area contributed by atoms with E-state index in [2.05, 4.69) is 6.92 Å². The molecule has 0 aromatic heterocycles. The van der Waals surface area contributed by atoms with Crippen molar-refractivity contribution in [3.8, 4) is 0 Å². The van der Waals surface area contributed by atoms with Gasteiger partial charge >= 0.3 is 5.37 Å². The lowest BCUT2D eigenvalue weighted by Crippen LogP contribution is -2.21. The monoisotopic (exact) mass is 345 g/mol. The van der Waals surface area contributed by atoms with Crippen LogP contribution in [0.15, 0.2) is 0 Å². The second-order valence-corrected chi connectivity index (χ2v) is 7.30. The van der Waals surface area contributed by atoms with Crippen LogP contribution in [-0.4, -0.2) is 23.9 Å². The second-order valence-electron chi connectivity index (χ2n) is 6.98. The predicted molar refractivity (Wildman–Crippen MR) is 103 cm³/mol. The molecule has 0 unspecified atom stereocenters. The summed E-state index contributed by atoms with van der Waals surface area (Å²) >= 11 is 5.39. The number of nitrogens with zero attached hydrogens (tertiary/aromatic N) is 1. The molecule has 0 bridgehead atoms. The zero-order chi connectivity index (χ0) is 17.2. The summed E-state index contributed by atoms with van der Waals surface area (Å²) in [6.45, 7) is 3.07. The van der Waals surface area contributed by atoms with E-state index in [1.165, 1.54) is 96.3 Å². The summed E-state index contributed by atoms with van der Waals surface area (Å²) < 4.78 is 0. The summed E-state index contributed by atoms with van der Waals surface area (Å²) in [6.07, 6.45) is 22.0. The highest BCUT2D eigenvalue weighted by Crippen LogP contribution is 2.13. The van der Waals surface area contributed by atoms with Crippen LogP contribution in [0.25, 0.3) is 0 Å². The maximum absolute atomic E-state index is 10.8. The molecule has 0 rings (SSSR count). The van der Waals surface area contributed by atoms with Gasteiger partial charge in [-0.05, 0) is 18.0 Å². The molecule has 0 aromatic rings. The van der Waals surface area contributed by atoms with Gasteiger partial charge in [0.15, 0.2) is 0 Å². The molecule has 0 radical (unpaired) electrons. The Morgan fingerprint density at radius 2 is 0.957 bits per heavy atom. The fourth-order valence-corrected chi connectivity index (χ4v) is 3.07. The van der Waals surface area contributed by atoms with Crippen molar-refractivity contribution in [1.29, 1.82) is 0 Å². The minimum atomic E-state index is -0.342. The quantitative estimate of drug-likeness (QED) is 0.151. The number of hydrogen-bond acceptors (Lipinski definition) is 1. The first-order chi connectivity index (χ1) is 11.2. The van der Waals surface area contributed by atoms with Crippen molar-refractivity contribution < 1.29 is 4.79 Å². The van der Waals surface area contributed by atoms with Crippen LogP contribution in [0.5, 0.6) is 0 Å². The molecule has 0 aromatic carbocycles. The molecular formula is C20H40ClNO. The first kappa shape index (κ1) is 22.8. The summed E-state index contributed by atoms with van der Waals surface area (Å²) in [7, 11) is 1.76. The lowest BCUT2D eigenvalue weighted by Gasteiger charge is -2.12. The highest BCUT2D eigenvalue weighted by Gasteiger charge is 2.02. The van der Waals surface area contributed by atoms with Gasteiger partial charge in [-0.15, -0.1) is 0 Å². The first-order valence-corrected chi connectivity index (χ1v) is 10.5. The lowest BCUT2D eigenvalue weighted by molar-refractivity contribution is 0.231. The highest BCUT2D eigenvalue weighted by atomic mass is 35.5. The Morgan fingerprint density at radius 3 is 1.26 bits per heavy atom. The normalized spacial score (nSPS) is 10.9. The molecule has 0 N–H and O–H groups in total. The molecule has 0 aliphatic rings. The van der Waals surface area contributed by atoms with E-state index in [-0.39, 0.29) is 5.37 Å². The number of unbranched alkanes of at least 4 members (excludes halogenated alkanes) is 15. The van der Waals surface area contributed by atoms with Crippen LogP contribution in [0.3, 0.4) is 0 Å². The number of carbonyl (C=O) groups excluding carboxylic acids is 1. The molecule has 0 aliphatic carbocycles. The van der Waals surface area contributed by atoms with Crippen LogP contribution >= 0.6 is 11.6 Å². The minimum Gasteiger partial charge on any atom is -0.332 e. The molecule has 0 saturated carbocycles. The van der Waals surface area contributed by atoms with Crippen LogP contribution in [0.4, 0.5) is 4.79 Å². The van der Waals surface area contributed by atoms with Crippen molar-refractivity contribution in [3.63, 3.8) is 0 Å². The van der Waals surface area contributed by atoms with E-state index < -0.39 is 0 Å². The maximum atomic E-state index is 10.8. The molecule has 23 heavy (non-hydrogen) atoms. The number of carbonyl (C=O) groups is 1. The number of amides is 1. The van der Waals surface area contributed by atoms with Crippen molar-refractivity contribution in [2.24, 2.45) is 0 Å². The lowest BCUT2D eigenvalue weighted by atomic mass is 10.0. The maximum Gasteiger partial charge on any atom is 0.316 e. The molecule has 0 atom stereocenters. The van der Waals surface area contributed by atoms with Crippen LogP contribution < -0.4 is 0 Å². The minimum absolute atomic E-state index is 0.342. The zero-order valence-electron chi connectivity index (χ0n) is 15.8. The SMILES string of the molecule is CCCCCCCCCCCCCCCCCCN(C)C(=O)Cl. The van der Waals surface area contributed by atoms with Crippen molar-refractivity contribution in [1.82, 2.24) is 4.90 Å². The van der Waals surface area contributed by atoms with Gasteiger partial charge in [0, 0.05) is 13.6 Å². The Labute approximate surface area is 150 Å². The van der Waals surface area contributed by atoms with Crippen molar-refractivity contribution >= 4 is 17.0 Å². The van der Waals surface area contributed by atoms with E-state index in [4.69, 9.17) is 11.6 Å². The zero-order valence-corrected chi connectivity index (χ0v) is 16.5. The Hall–Kier alpha value is -0.240. The van der Waals surface area contributed by atoms with Crippen molar-refractivity contribution in [2.75, 3.05) is 13.6 Å². The molecule has 0 aliphatic heterocycles. The average molecular weight is 346 g/mol. The molecule has 0 spiro atoms. The van der Waals surface area contributed by atoms with Gasteiger partial charge in [-0.1, -0.05) is 103 Å². The average Bonchev–Trinajstić information content (AvgIpc) is 2.54. The molecule has 0 saturated heterocycles.